The normalized spacial score (nSPS) is 31.2. The Morgan fingerprint density at radius 2 is 1.96 bits per heavy atom. The number of aliphatic hydroxyl groups is 4. The minimum Gasteiger partial charge on any atom is -0.394 e. The number of Topliss-reactive ketones (excluding diaryl/α,β-unsaturated/α-hetero) is 1. The third-order valence-corrected chi connectivity index (χ3v) is 4.70. The van der Waals surface area contributed by atoms with Crippen molar-refractivity contribution in [3.05, 3.63) is 39.9 Å². The van der Waals surface area contributed by atoms with Crippen LogP contribution in [0.3, 0.4) is 0 Å². The summed E-state index contributed by atoms with van der Waals surface area (Å²) >= 11 is 5.93. The molecule has 1 aromatic rings. The van der Waals surface area contributed by atoms with E-state index in [1.165, 1.54) is 6.08 Å². The zero-order valence-corrected chi connectivity index (χ0v) is 14.3. The Kier molecular flexibility index (Phi) is 5.42. The van der Waals surface area contributed by atoms with E-state index in [0.29, 0.717) is 10.6 Å². The third kappa shape index (κ3) is 3.52. The summed E-state index contributed by atoms with van der Waals surface area (Å²) < 4.78 is 5.21. The number of hydrogen-bond acceptors (Lipinski definition) is 7. The molecule has 1 heterocycles. The molecule has 1 aromatic carbocycles. The molecule has 140 valence electrons. The van der Waals surface area contributed by atoms with Gasteiger partial charge in [-0.25, -0.2) is 0 Å². The third-order valence-electron chi connectivity index (χ3n) is 4.47. The number of benzene rings is 1. The van der Waals surface area contributed by atoms with E-state index in [1.54, 1.807) is 18.2 Å². The first-order valence-electron chi connectivity index (χ1n) is 7.96. The number of hydrogen-bond donors (Lipinski definition) is 5. The van der Waals surface area contributed by atoms with Gasteiger partial charge in [0.15, 0.2) is 12.0 Å². The van der Waals surface area contributed by atoms with Crippen LogP contribution >= 0.6 is 11.6 Å². The molecule has 1 aliphatic heterocycles. The molecule has 0 saturated carbocycles. The van der Waals surface area contributed by atoms with E-state index < -0.39 is 48.9 Å². The highest BCUT2D eigenvalue weighted by molar-refractivity contribution is 6.31. The summed E-state index contributed by atoms with van der Waals surface area (Å²) in [6, 6.07) is 4.99. The molecule has 26 heavy (non-hydrogen) atoms. The number of ether oxygens (including phenoxy) is 1. The number of carbonyl (C=O) groups excluding carboxylic acids is 2. The van der Waals surface area contributed by atoms with Gasteiger partial charge in [0.2, 0.25) is 0 Å². The number of halogens is 1. The van der Waals surface area contributed by atoms with Crippen LogP contribution in [0.1, 0.15) is 11.1 Å². The maximum absolute atomic E-state index is 12.5. The van der Waals surface area contributed by atoms with Crippen LogP contribution in [-0.2, 0) is 20.7 Å². The molecule has 0 aromatic heterocycles. The van der Waals surface area contributed by atoms with Gasteiger partial charge in [-0.3, -0.25) is 9.59 Å². The molecule has 5 N–H and O–H groups in total. The van der Waals surface area contributed by atoms with E-state index in [2.05, 4.69) is 5.32 Å². The van der Waals surface area contributed by atoms with Crippen molar-refractivity contribution < 1.29 is 34.8 Å². The fourth-order valence-electron chi connectivity index (χ4n) is 2.99. The van der Waals surface area contributed by atoms with Crippen LogP contribution in [0.5, 0.6) is 0 Å². The second kappa shape index (κ2) is 7.43. The molecule has 8 nitrogen and oxygen atoms in total. The Labute approximate surface area is 153 Å². The molecule has 0 radical (unpaired) electrons. The smallest absolute Gasteiger partial charge is 0.256 e. The average molecular weight is 384 g/mol. The van der Waals surface area contributed by atoms with Crippen molar-refractivity contribution in [2.24, 2.45) is 0 Å². The zero-order chi connectivity index (χ0) is 19.0. The van der Waals surface area contributed by atoms with Crippen molar-refractivity contribution in [3.8, 4) is 0 Å². The van der Waals surface area contributed by atoms with E-state index >= 15 is 0 Å². The van der Waals surface area contributed by atoms with Gasteiger partial charge in [0.25, 0.3) is 5.91 Å². The Morgan fingerprint density at radius 3 is 2.65 bits per heavy atom. The van der Waals surface area contributed by atoms with Gasteiger partial charge in [-0.15, -0.1) is 0 Å². The predicted octanol–water partition coefficient (Wildman–Crippen LogP) is -1.24. The Balaban J connectivity index is 1.80. The molecule has 0 bridgehead atoms. The standard InChI is InChI=1S/C17H18ClNO7/c18-9-2-1-7-5-11(21)10(4-8(7)3-9)16(25)19-17-15(24)14(23)13(22)12(6-20)26-17/h1-4,12-15,17,20,22-24H,5-6H2,(H,19,25)/t12-,13-,14+,15-,17-/m1/s1. The van der Waals surface area contributed by atoms with E-state index in [0.717, 1.165) is 5.56 Å². The lowest BCUT2D eigenvalue weighted by molar-refractivity contribution is -0.235. The number of ketones is 1. The molecular weight excluding hydrogens is 366 g/mol. The highest BCUT2D eigenvalue weighted by atomic mass is 35.5. The fraction of sp³-hybridized carbons (Fsp3) is 0.412. The van der Waals surface area contributed by atoms with Gasteiger partial charge < -0.3 is 30.5 Å². The first-order valence-corrected chi connectivity index (χ1v) is 8.34. The fourth-order valence-corrected chi connectivity index (χ4v) is 3.17. The van der Waals surface area contributed by atoms with Crippen LogP contribution in [0, 0.1) is 0 Å². The summed E-state index contributed by atoms with van der Waals surface area (Å²) in [5.74, 6) is -1.22. The summed E-state index contributed by atoms with van der Waals surface area (Å²) in [6.45, 7) is -0.620. The summed E-state index contributed by atoms with van der Waals surface area (Å²) in [5.41, 5.74) is 1.23. The molecule has 3 rings (SSSR count). The number of amides is 1. The summed E-state index contributed by atoms with van der Waals surface area (Å²) in [4.78, 5) is 24.7. The number of nitrogens with one attached hydrogen (secondary N) is 1. The topological polar surface area (TPSA) is 136 Å². The molecule has 0 spiro atoms. The summed E-state index contributed by atoms with van der Waals surface area (Å²) in [5, 5.41) is 41.4. The van der Waals surface area contributed by atoms with E-state index in [1.807, 2.05) is 0 Å². The lowest BCUT2D eigenvalue weighted by Crippen LogP contribution is -2.63. The SMILES string of the molecule is O=C1Cc2ccc(Cl)cc2C=C1C(=O)N[C@@H]1O[C@H](CO)[C@@H](O)[C@H](O)[C@H]1O. The Hall–Kier alpha value is -1.81. The number of fused-ring (bicyclic) bond motifs is 1. The number of aliphatic hydroxyl groups excluding tert-OH is 4. The molecule has 0 unspecified atom stereocenters. The lowest BCUT2D eigenvalue weighted by Gasteiger charge is -2.40. The van der Waals surface area contributed by atoms with Crippen molar-refractivity contribution in [2.45, 2.75) is 37.1 Å². The molecule has 5 atom stereocenters. The van der Waals surface area contributed by atoms with E-state index in [-0.39, 0.29) is 12.0 Å². The quantitative estimate of drug-likeness (QED) is 0.412. The van der Waals surface area contributed by atoms with Crippen molar-refractivity contribution in [1.82, 2.24) is 5.32 Å². The van der Waals surface area contributed by atoms with Crippen molar-refractivity contribution >= 4 is 29.4 Å². The maximum Gasteiger partial charge on any atom is 0.256 e. The number of carbonyl (C=O) groups is 2. The molecule has 2 aliphatic rings. The summed E-state index contributed by atoms with van der Waals surface area (Å²) in [6.07, 6.45) is -5.92. The number of rotatable bonds is 3. The van der Waals surface area contributed by atoms with Gasteiger partial charge in [0.1, 0.15) is 24.4 Å². The highest BCUT2D eigenvalue weighted by Gasteiger charge is 2.44. The largest absolute Gasteiger partial charge is 0.394 e. The molecule has 1 amide bonds. The Bertz CT molecular complexity index is 763. The van der Waals surface area contributed by atoms with E-state index in [9.17, 15) is 30.0 Å². The van der Waals surface area contributed by atoms with Crippen molar-refractivity contribution in [3.63, 3.8) is 0 Å². The van der Waals surface area contributed by atoms with Gasteiger partial charge in [0, 0.05) is 11.4 Å². The minimum absolute atomic E-state index is 0.0282. The Morgan fingerprint density at radius 1 is 1.23 bits per heavy atom. The monoisotopic (exact) mass is 383 g/mol. The first-order chi connectivity index (χ1) is 12.3. The van der Waals surface area contributed by atoms with Crippen LogP contribution in [0.2, 0.25) is 5.02 Å². The minimum atomic E-state index is -1.63. The van der Waals surface area contributed by atoms with E-state index in [4.69, 9.17) is 16.3 Å². The van der Waals surface area contributed by atoms with Gasteiger partial charge in [-0.2, -0.15) is 0 Å². The van der Waals surface area contributed by atoms with Gasteiger partial charge >= 0.3 is 0 Å². The second-order valence-corrected chi connectivity index (χ2v) is 6.66. The zero-order valence-electron chi connectivity index (χ0n) is 13.5. The predicted molar refractivity (Wildman–Crippen MR) is 90.0 cm³/mol. The van der Waals surface area contributed by atoms with Gasteiger partial charge in [-0.1, -0.05) is 17.7 Å². The first kappa shape index (κ1) is 19.0. The molecule has 1 fully saturated rings. The maximum atomic E-state index is 12.5. The van der Waals surface area contributed by atoms with Crippen LogP contribution in [0.25, 0.3) is 6.08 Å². The molecule has 1 saturated heterocycles. The molecule has 1 aliphatic carbocycles. The van der Waals surface area contributed by atoms with Crippen LogP contribution in [0.15, 0.2) is 23.8 Å². The van der Waals surface area contributed by atoms with Crippen LogP contribution < -0.4 is 5.32 Å². The van der Waals surface area contributed by atoms with Crippen molar-refractivity contribution in [1.29, 1.82) is 0 Å². The molecular formula is C17H18ClNO7. The van der Waals surface area contributed by atoms with Gasteiger partial charge in [-0.05, 0) is 29.3 Å². The highest BCUT2D eigenvalue weighted by Crippen LogP contribution is 2.26. The van der Waals surface area contributed by atoms with Crippen LogP contribution in [0.4, 0.5) is 0 Å². The average Bonchev–Trinajstić information content (AvgIpc) is 2.61. The lowest BCUT2D eigenvalue weighted by atomic mass is 9.90. The molecule has 9 heteroatoms. The summed E-state index contributed by atoms with van der Waals surface area (Å²) in [7, 11) is 0. The van der Waals surface area contributed by atoms with Gasteiger partial charge in [0.05, 0.1) is 12.2 Å². The second-order valence-electron chi connectivity index (χ2n) is 6.22. The van der Waals surface area contributed by atoms with Crippen LogP contribution in [-0.4, -0.2) is 69.4 Å². The van der Waals surface area contributed by atoms with Crippen molar-refractivity contribution in [2.75, 3.05) is 6.61 Å².